The number of nitrogens with one attached hydrogen (secondary N) is 1. The molecule has 1 N–H and O–H groups in total. The van der Waals surface area contributed by atoms with Gasteiger partial charge in [-0.25, -0.2) is 10.4 Å². The molecule has 5 heteroatoms. The number of aromatic nitrogens is 3. The topological polar surface area (TPSA) is 63.1 Å². The third kappa shape index (κ3) is 4.78. The van der Waals surface area contributed by atoms with Gasteiger partial charge in [0.2, 0.25) is 0 Å². The van der Waals surface area contributed by atoms with Crippen LogP contribution in [-0.4, -0.2) is 21.4 Å². The number of anilines is 1. The van der Waals surface area contributed by atoms with Crippen LogP contribution in [0.3, 0.4) is 0 Å². The lowest BCUT2D eigenvalue weighted by Crippen LogP contribution is -2.02. The lowest BCUT2D eigenvalue weighted by molar-refractivity contribution is 0.973. The molecule has 4 rings (SSSR count). The van der Waals surface area contributed by atoms with E-state index in [9.17, 15) is 0 Å². The average molecular weight is 377 g/mol. The van der Waals surface area contributed by atoms with E-state index in [0.29, 0.717) is 5.95 Å². The van der Waals surface area contributed by atoms with Crippen LogP contribution in [0.5, 0.6) is 0 Å². The third-order valence-corrected chi connectivity index (χ3v) is 4.19. The highest BCUT2D eigenvalue weighted by molar-refractivity contribution is 5.79. The van der Waals surface area contributed by atoms with Gasteiger partial charge in [0.05, 0.1) is 0 Å². The number of benzene rings is 3. The van der Waals surface area contributed by atoms with E-state index in [1.54, 1.807) is 6.21 Å². The van der Waals surface area contributed by atoms with E-state index in [1.165, 1.54) is 0 Å². The summed E-state index contributed by atoms with van der Waals surface area (Å²) >= 11 is 0. The zero-order valence-electron chi connectivity index (χ0n) is 15.7. The van der Waals surface area contributed by atoms with Crippen LogP contribution in [0.1, 0.15) is 5.56 Å². The highest BCUT2D eigenvalue weighted by atomic mass is 15.4. The van der Waals surface area contributed by atoms with Gasteiger partial charge >= 0.3 is 0 Å². The molecule has 0 bridgehead atoms. The Morgan fingerprint density at radius 1 is 0.655 bits per heavy atom. The molecule has 0 fully saturated rings. The first-order valence-electron chi connectivity index (χ1n) is 9.26. The normalized spacial score (nSPS) is 11.2. The number of hydrogen-bond donors (Lipinski definition) is 1. The van der Waals surface area contributed by atoms with Crippen molar-refractivity contribution in [3.05, 3.63) is 103 Å². The van der Waals surface area contributed by atoms with E-state index in [2.05, 4.69) is 25.7 Å². The minimum absolute atomic E-state index is 0.341. The summed E-state index contributed by atoms with van der Waals surface area (Å²) < 4.78 is 0. The first-order chi connectivity index (χ1) is 14.4. The standard InChI is InChI=1S/C24H19N5/c1-4-11-19(12-5-1)13-10-18-25-28-24-26-22(20-14-6-2-7-15-20)23(27-29-24)21-16-8-3-9-17-21/h1-18H,(H,26,28,29)/b13-10+,25-18-. The fourth-order valence-corrected chi connectivity index (χ4v) is 2.82. The Bertz CT molecular complexity index is 1110. The molecule has 1 heterocycles. The molecule has 5 nitrogen and oxygen atoms in total. The largest absolute Gasteiger partial charge is 0.263 e. The maximum atomic E-state index is 4.65. The molecular formula is C24H19N5. The number of rotatable bonds is 6. The van der Waals surface area contributed by atoms with Crippen molar-refractivity contribution in [3.8, 4) is 22.5 Å². The molecule has 0 aliphatic heterocycles. The molecule has 0 atom stereocenters. The van der Waals surface area contributed by atoms with Crippen LogP contribution >= 0.6 is 0 Å². The Morgan fingerprint density at radius 3 is 1.90 bits per heavy atom. The van der Waals surface area contributed by atoms with Gasteiger partial charge in [0.1, 0.15) is 11.4 Å². The molecule has 0 aliphatic rings. The van der Waals surface area contributed by atoms with Gasteiger partial charge < -0.3 is 0 Å². The first-order valence-corrected chi connectivity index (χ1v) is 9.26. The molecule has 0 spiro atoms. The van der Waals surface area contributed by atoms with Gasteiger partial charge in [-0.2, -0.15) is 5.10 Å². The summed E-state index contributed by atoms with van der Waals surface area (Å²) in [6, 6.07) is 29.9. The van der Waals surface area contributed by atoms with Gasteiger partial charge in [-0.3, -0.25) is 0 Å². The van der Waals surface area contributed by atoms with E-state index < -0.39 is 0 Å². The summed E-state index contributed by atoms with van der Waals surface area (Å²) in [4.78, 5) is 4.65. The zero-order chi connectivity index (χ0) is 19.7. The molecule has 3 aromatic carbocycles. The van der Waals surface area contributed by atoms with Crippen LogP contribution in [0.2, 0.25) is 0 Å². The predicted molar refractivity (Wildman–Crippen MR) is 118 cm³/mol. The van der Waals surface area contributed by atoms with Crippen molar-refractivity contribution in [2.75, 3.05) is 5.43 Å². The van der Waals surface area contributed by atoms with E-state index in [4.69, 9.17) is 0 Å². The van der Waals surface area contributed by atoms with E-state index >= 15 is 0 Å². The highest BCUT2D eigenvalue weighted by Crippen LogP contribution is 2.28. The van der Waals surface area contributed by atoms with Crippen LogP contribution in [0.25, 0.3) is 28.6 Å². The fraction of sp³-hybridized carbons (Fsp3) is 0. The Labute approximate surface area is 169 Å². The lowest BCUT2D eigenvalue weighted by Gasteiger charge is -2.09. The number of hydrogen-bond acceptors (Lipinski definition) is 5. The maximum Gasteiger partial charge on any atom is 0.263 e. The molecule has 4 aromatic rings. The molecular weight excluding hydrogens is 358 g/mol. The molecule has 0 unspecified atom stereocenters. The van der Waals surface area contributed by atoms with E-state index in [-0.39, 0.29) is 0 Å². The molecule has 0 aliphatic carbocycles. The SMILES string of the molecule is C(/C=C/c1ccccc1)=N/Nc1nnc(-c2ccccc2)c(-c2ccccc2)n1. The van der Waals surface area contributed by atoms with Crippen LogP contribution in [-0.2, 0) is 0 Å². The number of allylic oxidation sites excluding steroid dienone is 1. The van der Waals surface area contributed by atoms with E-state index in [0.717, 1.165) is 28.1 Å². The second kappa shape index (κ2) is 9.19. The summed E-state index contributed by atoms with van der Waals surface area (Å²) in [7, 11) is 0. The van der Waals surface area contributed by atoms with Gasteiger partial charge in [0, 0.05) is 17.3 Å². The second-order valence-corrected chi connectivity index (χ2v) is 6.22. The molecule has 1 aromatic heterocycles. The van der Waals surface area contributed by atoms with Gasteiger partial charge in [0.15, 0.2) is 0 Å². The van der Waals surface area contributed by atoms with Gasteiger partial charge in [-0.15, -0.1) is 10.2 Å². The second-order valence-electron chi connectivity index (χ2n) is 6.22. The summed E-state index contributed by atoms with van der Waals surface area (Å²) in [5.74, 6) is 0.341. The molecule has 0 saturated heterocycles. The minimum Gasteiger partial charge on any atom is -0.244 e. The van der Waals surface area contributed by atoms with Crippen molar-refractivity contribution in [2.45, 2.75) is 0 Å². The van der Waals surface area contributed by atoms with Crippen LogP contribution in [0.4, 0.5) is 5.95 Å². The molecule has 0 radical (unpaired) electrons. The average Bonchev–Trinajstić information content (AvgIpc) is 2.81. The smallest absolute Gasteiger partial charge is 0.244 e. The summed E-state index contributed by atoms with van der Waals surface area (Å²) in [6.45, 7) is 0. The highest BCUT2D eigenvalue weighted by Gasteiger charge is 2.12. The maximum absolute atomic E-state index is 4.65. The van der Waals surface area contributed by atoms with Crippen molar-refractivity contribution in [3.63, 3.8) is 0 Å². The number of hydrazone groups is 1. The van der Waals surface area contributed by atoms with Crippen LogP contribution < -0.4 is 5.43 Å². The van der Waals surface area contributed by atoms with Crippen LogP contribution in [0, 0.1) is 0 Å². The first kappa shape index (κ1) is 18.3. The van der Waals surface area contributed by atoms with Gasteiger partial charge in [-0.1, -0.05) is 97.1 Å². The summed E-state index contributed by atoms with van der Waals surface area (Å²) in [5, 5.41) is 12.8. The Hall–Kier alpha value is -4.12. The van der Waals surface area contributed by atoms with Crippen molar-refractivity contribution in [2.24, 2.45) is 5.10 Å². The Kier molecular flexibility index (Phi) is 5.78. The fourth-order valence-electron chi connectivity index (χ4n) is 2.82. The van der Waals surface area contributed by atoms with E-state index in [1.807, 2.05) is 103 Å². The lowest BCUT2D eigenvalue weighted by atomic mass is 10.0. The van der Waals surface area contributed by atoms with Crippen LogP contribution in [0.15, 0.2) is 102 Å². The van der Waals surface area contributed by atoms with Crippen molar-refractivity contribution < 1.29 is 0 Å². The minimum atomic E-state index is 0.341. The molecule has 140 valence electrons. The summed E-state index contributed by atoms with van der Waals surface area (Å²) in [5.41, 5.74) is 7.38. The quantitative estimate of drug-likeness (QED) is 0.365. The summed E-state index contributed by atoms with van der Waals surface area (Å²) in [6.07, 6.45) is 5.48. The molecule has 29 heavy (non-hydrogen) atoms. The Balaban J connectivity index is 1.57. The van der Waals surface area contributed by atoms with Crippen molar-refractivity contribution in [1.29, 1.82) is 0 Å². The number of nitrogens with zero attached hydrogens (tertiary/aromatic N) is 4. The zero-order valence-corrected chi connectivity index (χ0v) is 15.7. The van der Waals surface area contributed by atoms with Crippen molar-refractivity contribution in [1.82, 2.24) is 15.2 Å². The molecule has 0 saturated carbocycles. The third-order valence-electron chi connectivity index (χ3n) is 4.19. The van der Waals surface area contributed by atoms with Gasteiger partial charge in [-0.05, 0) is 11.6 Å². The predicted octanol–water partition coefficient (Wildman–Crippen LogP) is 5.32. The van der Waals surface area contributed by atoms with Gasteiger partial charge in [0.25, 0.3) is 5.95 Å². The van der Waals surface area contributed by atoms with Crippen molar-refractivity contribution >= 4 is 18.2 Å². The Morgan fingerprint density at radius 2 is 1.24 bits per heavy atom. The molecule has 0 amide bonds. The monoisotopic (exact) mass is 377 g/mol.